The summed E-state index contributed by atoms with van der Waals surface area (Å²) in [6.07, 6.45) is 1.54. The van der Waals surface area contributed by atoms with Gasteiger partial charge in [0.1, 0.15) is 11.9 Å². The Labute approximate surface area is 134 Å². The molecule has 2 aromatic rings. The average Bonchev–Trinajstić information content (AvgIpc) is 2.95. The van der Waals surface area contributed by atoms with Crippen LogP contribution < -0.4 is 16.0 Å². The molecule has 3 rings (SSSR count). The van der Waals surface area contributed by atoms with Gasteiger partial charge in [0.25, 0.3) is 5.91 Å². The van der Waals surface area contributed by atoms with E-state index in [0.29, 0.717) is 24.5 Å². The minimum absolute atomic E-state index is 0.0247. The van der Waals surface area contributed by atoms with Crippen LogP contribution in [-0.2, 0) is 13.1 Å². The zero-order valence-electron chi connectivity index (χ0n) is 12.8. The number of anilines is 2. The smallest absolute Gasteiger partial charge is 0.251 e. The van der Waals surface area contributed by atoms with Crippen LogP contribution in [0, 0.1) is 11.3 Å². The number of hydrogen-bond donors (Lipinski definition) is 3. The van der Waals surface area contributed by atoms with Crippen molar-refractivity contribution in [3.05, 3.63) is 52.7 Å². The fraction of sp³-hybridized carbons (Fsp3) is 0.235. The monoisotopic (exact) mass is 307 g/mol. The van der Waals surface area contributed by atoms with E-state index in [0.717, 1.165) is 28.9 Å². The maximum absolute atomic E-state index is 11.7. The molecule has 0 saturated carbocycles. The molecule has 0 saturated heterocycles. The Morgan fingerprint density at radius 3 is 3.00 bits per heavy atom. The molecular formula is C17H17N5O. The number of nitrogens with zero attached hydrogens (tertiary/aromatic N) is 2. The first-order chi connectivity index (χ1) is 11.2. The van der Waals surface area contributed by atoms with Gasteiger partial charge in [-0.15, -0.1) is 0 Å². The van der Waals surface area contributed by atoms with E-state index >= 15 is 0 Å². The summed E-state index contributed by atoms with van der Waals surface area (Å²) in [6.45, 7) is 3.88. The summed E-state index contributed by atoms with van der Waals surface area (Å²) in [5.74, 6) is 0.689. The molecule has 2 heterocycles. The van der Waals surface area contributed by atoms with Crippen molar-refractivity contribution < 1.29 is 4.79 Å². The summed E-state index contributed by atoms with van der Waals surface area (Å²) >= 11 is 0. The molecule has 0 spiro atoms. The van der Waals surface area contributed by atoms with Crippen LogP contribution in [0.15, 0.2) is 30.5 Å². The maximum Gasteiger partial charge on any atom is 0.251 e. The molecule has 0 bridgehead atoms. The van der Waals surface area contributed by atoms with Crippen molar-refractivity contribution in [2.75, 3.05) is 17.2 Å². The van der Waals surface area contributed by atoms with Crippen LogP contribution in [0.2, 0.25) is 0 Å². The standard InChI is InChI=1S/C17H17N5O/c1-2-19-16-15(6-12(7-18)9-21-16)20-8-11-3-4-13-10-22-17(23)14(13)5-11/h3-6,9,20H,2,8,10H2,1H3,(H,19,21)(H,22,23). The zero-order chi connectivity index (χ0) is 16.2. The molecule has 6 heteroatoms. The van der Waals surface area contributed by atoms with E-state index < -0.39 is 0 Å². The number of carbonyl (C=O) groups is 1. The van der Waals surface area contributed by atoms with Crippen LogP contribution in [0.4, 0.5) is 11.5 Å². The van der Waals surface area contributed by atoms with Gasteiger partial charge in [-0.1, -0.05) is 12.1 Å². The summed E-state index contributed by atoms with van der Waals surface area (Å²) in [7, 11) is 0. The van der Waals surface area contributed by atoms with Crippen LogP contribution in [0.5, 0.6) is 0 Å². The lowest BCUT2D eigenvalue weighted by atomic mass is 10.1. The third kappa shape index (κ3) is 3.09. The van der Waals surface area contributed by atoms with Gasteiger partial charge in [0, 0.05) is 31.4 Å². The van der Waals surface area contributed by atoms with Gasteiger partial charge in [-0.05, 0) is 30.2 Å². The summed E-state index contributed by atoms with van der Waals surface area (Å²) in [4.78, 5) is 16.0. The number of aromatic nitrogens is 1. The average molecular weight is 307 g/mol. The molecule has 1 aromatic heterocycles. The van der Waals surface area contributed by atoms with Gasteiger partial charge in [-0.2, -0.15) is 5.26 Å². The molecule has 0 unspecified atom stereocenters. The quantitative estimate of drug-likeness (QED) is 0.788. The van der Waals surface area contributed by atoms with Crippen LogP contribution in [0.25, 0.3) is 0 Å². The Balaban J connectivity index is 1.79. The Hall–Kier alpha value is -3.07. The fourth-order valence-corrected chi connectivity index (χ4v) is 2.54. The van der Waals surface area contributed by atoms with E-state index in [9.17, 15) is 4.79 Å². The highest BCUT2D eigenvalue weighted by Gasteiger charge is 2.18. The molecule has 116 valence electrons. The molecule has 23 heavy (non-hydrogen) atoms. The summed E-state index contributed by atoms with van der Waals surface area (Å²) < 4.78 is 0. The van der Waals surface area contributed by atoms with E-state index in [1.165, 1.54) is 0 Å². The summed E-state index contributed by atoms with van der Waals surface area (Å²) in [5.41, 5.74) is 4.05. The third-order valence-corrected chi connectivity index (χ3v) is 3.70. The number of pyridine rings is 1. The van der Waals surface area contributed by atoms with E-state index in [1.54, 1.807) is 12.3 Å². The van der Waals surface area contributed by atoms with Crippen LogP contribution in [0.3, 0.4) is 0 Å². The molecule has 0 aliphatic carbocycles. The number of rotatable bonds is 5. The Morgan fingerprint density at radius 1 is 1.35 bits per heavy atom. The number of hydrogen-bond acceptors (Lipinski definition) is 5. The third-order valence-electron chi connectivity index (χ3n) is 3.70. The van der Waals surface area contributed by atoms with Crippen molar-refractivity contribution in [2.24, 2.45) is 0 Å². The molecule has 1 aromatic carbocycles. The molecule has 1 aliphatic heterocycles. The summed E-state index contributed by atoms with van der Waals surface area (Å²) in [6, 6.07) is 9.73. The van der Waals surface area contributed by atoms with Crippen molar-refractivity contribution in [1.29, 1.82) is 5.26 Å². The molecule has 0 radical (unpaired) electrons. The maximum atomic E-state index is 11.7. The fourth-order valence-electron chi connectivity index (χ4n) is 2.54. The van der Waals surface area contributed by atoms with Crippen molar-refractivity contribution in [3.8, 4) is 6.07 Å². The number of benzene rings is 1. The van der Waals surface area contributed by atoms with Crippen molar-refractivity contribution in [2.45, 2.75) is 20.0 Å². The number of amides is 1. The van der Waals surface area contributed by atoms with Gasteiger partial charge in [0.2, 0.25) is 0 Å². The molecule has 1 aliphatic rings. The SMILES string of the molecule is CCNc1ncc(C#N)cc1NCc1ccc2c(c1)C(=O)NC2. The minimum Gasteiger partial charge on any atom is -0.378 e. The van der Waals surface area contributed by atoms with E-state index in [2.05, 4.69) is 27.0 Å². The van der Waals surface area contributed by atoms with Crippen LogP contribution in [0.1, 0.15) is 34.0 Å². The molecule has 0 atom stereocenters. The highest BCUT2D eigenvalue weighted by molar-refractivity contribution is 5.98. The van der Waals surface area contributed by atoms with Gasteiger partial charge in [0.05, 0.1) is 11.3 Å². The predicted molar refractivity (Wildman–Crippen MR) is 88.1 cm³/mol. The second-order valence-corrected chi connectivity index (χ2v) is 5.29. The Morgan fingerprint density at radius 2 is 2.22 bits per heavy atom. The molecule has 0 fully saturated rings. The topological polar surface area (TPSA) is 89.8 Å². The number of fused-ring (bicyclic) bond motifs is 1. The molecule has 3 N–H and O–H groups in total. The lowest BCUT2D eigenvalue weighted by Crippen LogP contribution is -2.12. The zero-order valence-corrected chi connectivity index (χ0v) is 12.8. The summed E-state index contributed by atoms with van der Waals surface area (Å²) in [5, 5.41) is 18.3. The normalized spacial score (nSPS) is 12.3. The first-order valence-corrected chi connectivity index (χ1v) is 7.49. The Bertz CT molecular complexity index is 794. The predicted octanol–water partition coefficient (Wildman–Crippen LogP) is 2.24. The van der Waals surface area contributed by atoms with E-state index in [1.807, 2.05) is 25.1 Å². The van der Waals surface area contributed by atoms with Crippen LogP contribution in [-0.4, -0.2) is 17.4 Å². The van der Waals surface area contributed by atoms with Gasteiger partial charge in [-0.25, -0.2) is 4.98 Å². The largest absolute Gasteiger partial charge is 0.378 e. The van der Waals surface area contributed by atoms with E-state index in [-0.39, 0.29) is 5.91 Å². The van der Waals surface area contributed by atoms with Crippen LogP contribution >= 0.6 is 0 Å². The van der Waals surface area contributed by atoms with Gasteiger partial charge >= 0.3 is 0 Å². The highest BCUT2D eigenvalue weighted by atomic mass is 16.1. The molecule has 6 nitrogen and oxygen atoms in total. The number of nitriles is 1. The second kappa shape index (κ2) is 6.36. The van der Waals surface area contributed by atoms with E-state index in [4.69, 9.17) is 5.26 Å². The van der Waals surface area contributed by atoms with Crippen molar-refractivity contribution in [1.82, 2.24) is 10.3 Å². The Kier molecular flexibility index (Phi) is 4.11. The van der Waals surface area contributed by atoms with Gasteiger partial charge < -0.3 is 16.0 Å². The first-order valence-electron chi connectivity index (χ1n) is 7.49. The number of carbonyl (C=O) groups excluding carboxylic acids is 1. The minimum atomic E-state index is -0.0247. The van der Waals surface area contributed by atoms with Crippen molar-refractivity contribution >= 4 is 17.4 Å². The van der Waals surface area contributed by atoms with Crippen molar-refractivity contribution in [3.63, 3.8) is 0 Å². The second-order valence-electron chi connectivity index (χ2n) is 5.29. The lowest BCUT2D eigenvalue weighted by Gasteiger charge is -2.12. The van der Waals surface area contributed by atoms with Gasteiger partial charge in [0.15, 0.2) is 0 Å². The molecule has 1 amide bonds. The first kappa shape index (κ1) is 14.9. The number of nitrogens with one attached hydrogen (secondary N) is 3. The lowest BCUT2D eigenvalue weighted by molar-refractivity contribution is 0.0965. The van der Waals surface area contributed by atoms with Gasteiger partial charge in [-0.3, -0.25) is 4.79 Å². The molecular weight excluding hydrogens is 290 g/mol. The highest BCUT2D eigenvalue weighted by Crippen LogP contribution is 2.22.